The van der Waals surface area contributed by atoms with Crippen molar-refractivity contribution < 1.29 is 30.5 Å². The van der Waals surface area contributed by atoms with Crippen molar-refractivity contribution in [1.29, 1.82) is 5.26 Å². The van der Waals surface area contributed by atoms with Crippen molar-refractivity contribution in [3.05, 3.63) is 23.8 Å². The summed E-state index contributed by atoms with van der Waals surface area (Å²) in [5.41, 5.74) is -5.92. The molecule has 0 saturated carbocycles. The van der Waals surface area contributed by atoms with Gasteiger partial charge in [-0.25, -0.2) is 0 Å². The number of alkyl halides is 3. The minimum atomic E-state index is -5.82. The molecule has 1 aromatic rings. The fourth-order valence-electron chi connectivity index (χ4n) is 0.956. The Kier molecular flexibility index (Phi) is 3.71. The van der Waals surface area contributed by atoms with Crippen molar-refractivity contribution in [3.8, 4) is 17.6 Å². The first kappa shape index (κ1) is 14.1. The summed E-state index contributed by atoms with van der Waals surface area (Å²) in [6.07, 6.45) is 0. The Morgan fingerprint density at radius 2 is 1.94 bits per heavy atom. The van der Waals surface area contributed by atoms with Gasteiger partial charge in [0.2, 0.25) is 0 Å². The van der Waals surface area contributed by atoms with Gasteiger partial charge in [0.1, 0.15) is 11.8 Å². The van der Waals surface area contributed by atoms with E-state index in [9.17, 15) is 21.6 Å². The fourth-order valence-corrected chi connectivity index (χ4v) is 1.43. The van der Waals surface area contributed by atoms with E-state index in [2.05, 4.69) is 8.92 Å². The molecule has 9 heteroatoms. The van der Waals surface area contributed by atoms with Crippen LogP contribution in [0, 0.1) is 11.3 Å². The van der Waals surface area contributed by atoms with Crippen molar-refractivity contribution in [2.45, 2.75) is 5.51 Å². The van der Waals surface area contributed by atoms with E-state index in [1.54, 1.807) is 0 Å². The summed E-state index contributed by atoms with van der Waals surface area (Å²) < 4.78 is 66.5. The molecule has 1 aromatic carbocycles. The predicted octanol–water partition coefficient (Wildman–Crippen LogP) is 1.80. The zero-order valence-corrected chi connectivity index (χ0v) is 9.67. The second-order valence-corrected chi connectivity index (χ2v) is 4.49. The molecule has 98 valence electrons. The molecule has 0 heterocycles. The summed E-state index contributed by atoms with van der Waals surface area (Å²) >= 11 is 0. The van der Waals surface area contributed by atoms with Gasteiger partial charge in [0.05, 0.1) is 12.7 Å². The van der Waals surface area contributed by atoms with Crippen LogP contribution < -0.4 is 8.92 Å². The van der Waals surface area contributed by atoms with Crippen LogP contribution in [-0.2, 0) is 10.1 Å². The van der Waals surface area contributed by atoms with Gasteiger partial charge in [0, 0.05) is 6.07 Å². The molecule has 0 fully saturated rings. The lowest BCUT2D eigenvalue weighted by Crippen LogP contribution is -2.28. The van der Waals surface area contributed by atoms with Crippen molar-refractivity contribution in [2.75, 3.05) is 7.11 Å². The molecular weight excluding hydrogens is 275 g/mol. The summed E-state index contributed by atoms with van der Waals surface area (Å²) in [5, 5.41) is 8.63. The lowest BCUT2D eigenvalue weighted by molar-refractivity contribution is -0.0500. The third kappa shape index (κ3) is 2.84. The highest BCUT2D eigenvalue weighted by Crippen LogP contribution is 2.30. The van der Waals surface area contributed by atoms with Crippen LogP contribution in [0.1, 0.15) is 5.56 Å². The molecule has 0 aliphatic carbocycles. The Hall–Kier alpha value is -1.95. The number of nitrogens with zero attached hydrogens (tertiary/aromatic N) is 1. The van der Waals surface area contributed by atoms with Crippen molar-refractivity contribution in [2.24, 2.45) is 0 Å². The average Bonchev–Trinajstić information content (AvgIpc) is 2.26. The molecule has 5 nitrogen and oxygen atoms in total. The number of benzene rings is 1. The second kappa shape index (κ2) is 4.73. The minimum absolute atomic E-state index is 0.0568. The number of hydrogen-bond acceptors (Lipinski definition) is 5. The predicted molar refractivity (Wildman–Crippen MR) is 53.3 cm³/mol. The van der Waals surface area contributed by atoms with Gasteiger partial charge in [-0.3, -0.25) is 0 Å². The van der Waals surface area contributed by atoms with Crippen molar-refractivity contribution >= 4 is 10.1 Å². The van der Waals surface area contributed by atoms with E-state index >= 15 is 0 Å². The number of ether oxygens (including phenoxy) is 1. The molecule has 0 saturated heterocycles. The molecule has 0 atom stereocenters. The van der Waals surface area contributed by atoms with Gasteiger partial charge in [-0.15, -0.1) is 0 Å². The van der Waals surface area contributed by atoms with Crippen molar-refractivity contribution in [1.82, 2.24) is 0 Å². The topological polar surface area (TPSA) is 76.4 Å². The van der Waals surface area contributed by atoms with Gasteiger partial charge in [-0.05, 0) is 12.1 Å². The van der Waals surface area contributed by atoms with E-state index in [1.807, 2.05) is 0 Å². The Bertz CT molecular complexity index is 589. The smallest absolute Gasteiger partial charge is 0.497 e. The van der Waals surface area contributed by atoms with E-state index in [4.69, 9.17) is 5.26 Å². The van der Waals surface area contributed by atoms with Crippen LogP contribution in [0.15, 0.2) is 18.2 Å². The third-order valence-corrected chi connectivity index (χ3v) is 2.76. The maximum Gasteiger partial charge on any atom is 0.534 e. The molecule has 0 spiro atoms. The number of halogens is 3. The highest BCUT2D eigenvalue weighted by atomic mass is 32.2. The second-order valence-electron chi connectivity index (χ2n) is 2.96. The van der Waals surface area contributed by atoms with Crippen molar-refractivity contribution in [3.63, 3.8) is 0 Å². The lowest BCUT2D eigenvalue weighted by atomic mass is 10.2. The van der Waals surface area contributed by atoms with Gasteiger partial charge in [-0.2, -0.15) is 26.9 Å². The van der Waals surface area contributed by atoms with Crippen LogP contribution in [0.25, 0.3) is 0 Å². The SMILES string of the molecule is COc1ccc(C#N)c(OS(=O)(=O)C(F)(F)F)c1. The monoisotopic (exact) mass is 281 g/mol. The Morgan fingerprint density at radius 1 is 1.33 bits per heavy atom. The molecule has 0 unspecified atom stereocenters. The van der Waals surface area contributed by atoms with E-state index in [1.165, 1.54) is 19.2 Å². The molecule has 18 heavy (non-hydrogen) atoms. The summed E-state index contributed by atoms with van der Waals surface area (Å²) in [4.78, 5) is 0. The highest BCUT2D eigenvalue weighted by Gasteiger charge is 2.48. The van der Waals surface area contributed by atoms with E-state index in [0.29, 0.717) is 0 Å². The molecule has 1 rings (SSSR count). The normalized spacial score (nSPS) is 11.7. The van der Waals surface area contributed by atoms with E-state index < -0.39 is 21.4 Å². The van der Waals surface area contributed by atoms with Gasteiger partial charge in [0.25, 0.3) is 0 Å². The van der Waals surface area contributed by atoms with E-state index in [-0.39, 0.29) is 11.3 Å². The lowest BCUT2D eigenvalue weighted by Gasteiger charge is -2.11. The summed E-state index contributed by atoms with van der Waals surface area (Å²) in [7, 11) is -4.59. The summed E-state index contributed by atoms with van der Waals surface area (Å²) in [6, 6.07) is 4.75. The van der Waals surface area contributed by atoms with Gasteiger partial charge >= 0.3 is 15.6 Å². The third-order valence-electron chi connectivity index (χ3n) is 1.79. The van der Waals surface area contributed by atoms with Gasteiger partial charge < -0.3 is 8.92 Å². The summed E-state index contributed by atoms with van der Waals surface area (Å²) in [6.45, 7) is 0. The number of hydrogen-bond donors (Lipinski definition) is 0. The summed E-state index contributed by atoms with van der Waals surface area (Å²) in [5.74, 6) is -0.685. The number of nitriles is 1. The quantitative estimate of drug-likeness (QED) is 0.623. The van der Waals surface area contributed by atoms with Crippen LogP contribution in [0.4, 0.5) is 13.2 Å². The molecule has 0 aromatic heterocycles. The van der Waals surface area contributed by atoms with Crippen LogP contribution in [-0.4, -0.2) is 21.0 Å². The number of methoxy groups -OCH3 is 1. The molecule has 0 radical (unpaired) electrons. The maximum atomic E-state index is 12.1. The Balaban J connectivity index is 3.23. The zero-order chi connectivity index (χ0) is 14.0. The molecule has 0 bridgehead atoms. The Labute approximate surface area is 100 Å². The fraction of sp³-hybridized carbons (Fsp3) is 0.222. The number of rotatable bonds is 3. The highest BCUT2D eigenvalue weighted by molar-refractivity contribution is 7.88. The molecule has 0 aliphatic heterocycles. The molecule has 0 amide bonds. The van der Waals surface area contributed by atoms with Gasteiger partial charge in [-0.1, -0.05) is 0 Å². The van der Waals surface area contributed by atoms with Crippen LogP contribution in [0.3, 0.4) is 0 Å². The first-order valence-electron chi connectivity index (χ1n) is 4.30. The first-order chi connectivity index (χ1) is 8.21. The van der Waals surface area contributed by atoms with Gasteiger partial charge in [0.15, 0.2) is 5.75 Å². The average molecular weight is 281 g/mol. The van der Waals surface area contributed by atoms with Crippen LogP contribution in [0.5, 0.6) is 11.5 Å². The van der Waals surface area contributed by atoms with Crippen LogP contribution >= 0.6 is 0 Å². The molecular formula is C9H6F3NO4S. The van der Waals surface area contributed by atoms with Crippen LogP contribution in [0.2, 0.25) is 0 Å². The molecule has 0 N–H and O–H groups in total. The van der Waals surface area contributed by atoms with E-state index in [0.717, 1.165) is 12.1 Å². The maximum absolute atomic E-state index is 12.1. The molecule has 0 aliphatic rings. The standard InChI is InChI=1S/C9H6F3NO4S/c1-16-7-3-2-6(5-13)8(4-7)17-18(14,15)9(10,11)12/h2-4H,1H3. The zero-order valence-electron chi connectivity index (χ0n) is 8.85. The minimum Gasteiger partial charge on any atom is -0.497 e. The largest absolute Gasteiger partial charge is 0.534 e. The Morgan fingerprint density at radius 3 is 2.39 bits per heavy atom. The first-order valence-corrected chi connectivity index (χ1v) is 5.71.